The number of nitrogens with one attached hydrogen (secondary N) is 3. The van der Waals surface area contributed by atoms with Gasteiger partial charge in [0, 0.05) is 41.8 Å². The third-order valence-corrected chi connectivity index (χ3v) is 5.93. The molecule has 32 heavy (non-hydrogen) atoms. The van der Waals surface area contributed by atoms with Crippen LogP contribution in [-0.4, -0.2) is 51.9 Å². The van der Waals surface area contributed by atoms with Gasteiger partial charge in [0.15, 0.2) is 0 Å². The summed E-state index contributed by atoms with van der Waals surface area (Å²) in [5.41, 5.74) is 2.55. The number of rotatable bonds is 9. The molecule has 0 saturated carbocycles. The molecule has 0 spiro atoms. The molecule has 7 nitrogen and oxygen atoms in total. The summed E-state index contributed by atoms with van der Waals surface area (Å²) in [4.78, 5) is 35.3. The minimum absolute atomic E-state index is 0.196. The van der Waals surface area contributed by atoms with E-state index in [-0.39, 0.29) is 23.9 Å². The van der Waals surface area contributed by atoms with E-state index in [0.29, 0.717) is 18.0 Å². The van der Waals surface area contributed by atoms with Crippen molar-refractivity contribution in [2.75, 3.05) is 7.05 Å². The Morgan fingerprint density at radius 1 is 1.12 bits per heavy atom. The number of pyridine rings is 1. The number of carbonyl (C=O) groups is 2. The lowest BCUT2D eigenvalue weighted by atomic mass is 10.0. The van der Waals surface area contributed by atoms with E-state index in [1.807, 2.05) is 63.2 Å². The van der Waals surface area contributed by atoms with Crippen molar-refractivity contribution in [1.29, 1.82) is 0 Å². The van der Waals surface area contributed by atoms with Crippen LogP contribution in [0.15, 0.2) is 48.8 Å². The third-order valence-electron chi connectivity index (χ3n) is 5.69. The number of carbonyl (C=O) groups excluding carboxylic acids is 2. The molecule has 0 aliphatic rings. The Balaban J connectivity index is 1.72. The molecule has 8 heteroatoms. The van der Waals surface area contributed by atoms with Crippen LogP contribution in [0.25, 0.3) is 11.0 Å². The first-order valence-corrected chi connectivity index (χ1v) is 11.1. The Hall–Kier alpha value is -2.90. The van der Waals surface area contributed by atoms with Crippen molar-refractivity contribution in [1.82, 2.24) is 25.5 Å². The SMILES string of the molecule is CC(C)N(C)[C@@H](C)C(=O)N[C@@H](Cc1cccc(Cl)c1)C(=O)NCc1cnc2[nH]ccc2c1. The maximum absolute atomic E-state index is 13.1. The van der Waals surface area contributed by atoms with Gasteiger partial charge in [0.05, 0.1) is 6.04 Å². The lowest BCUT2D eigenvalue weighted by Gasteiger charge is -2.29. The number of fused-ring (bicyclic) bond motifs is 1. The van der Waals surface area contributed by atoms with Gasteiger partial charge in [0.1, 0.15) is 11.7 Å². The molecule has 2 amide bonds. The molecule has 0 bridgehead atoms. The Morgan fingerprint density at radius 2 is 1.91 bits per heavy atom. The van der Waals surface area contributed by atoms with Crippen LogP contribution in [0, 0.1) is 0 Å². The summed E-state index contributed by atoms with van der Waals surface area (Å²) in [5, 5.41) is 7.43. The Morgan fingerprint density at radius 3 is 2.62 bits per heavy atom. The maximum atomic E-state index is 13.1. The van der Waals surface area contributed by atoms with Gasteiger partial charge in [-0.05, 0) is 63.2 Å². The molecule has 2 aromatic heterocycles. The Labute approximate surface area is 193 Å². The zero-order valence-corrected chi connectivity index (χ0v) is 19.6. The highest BCUT2D eigenvalue weighted by molar-refractivity contribution is 6.30. The fourth-order valence-electron chi connectivity index (χ4n) is 3.43. The minimum Gasteiger partial charge on any atom is -0.350 e. The molecular weight excluding hydrogens is 426 g/mol. The van der Waals surface area contributed by atoms with Crippen molar-refractivity contribution >= 4 is 34.4 Å². The van der Waals surface area contributed by atoms with Gasteiger partial charge < -0.3 is 15.6 Å². The van der Waals surface area contributed by atoms with Crippen molar-refractivity contribution in [3.05, 3.63) is 64.9 Å². The normalized spacial score (nSPS) is 13.3. The van der Waals surface area contributed by atoms with E-state index in [1.165, 1.54) is 0 Å². The Bertz CT molecular complexity index is 1080. The second-order valence-electron chi connectivity index (χ2n) is 8.31. The number of benzene rings is 1. The number of likely N-dealkylation sites (N-methyl/N-ethyl adjacent to an activating group) is 1. The molecule has 0 unspecified atom stereocenters. The van der Waals surface area contributed by atoms with E-state index >= 15 is 0 Å². The summed E-state index contributed by atoms with van der Waals surface area (Å²) >= 11 is 6.12. The number of nitrogens with zero attached hydrogens (tertiary/aromatic N) is 2. The number of hydrogen-bond acceptors (Lipinski definition) is 4. The van der Waals surface area contributed by atoms with Crippen LogP contribution in [0.3, 0.4) is 0 Å². The van der Waals surface area contributed by atoms with E-state index in [9.17, 15) is 9.59 Å². The van der Waals surface area contributed by atoms with E-state index in [4.69, 9.17) is 11.6 Å². The average Bonchev–Trinajstić information content (AvgIpc) is 3.23. The summed E-state index contributed by atoms with van der Waals surface area (Å²) < 4.78 is 0. The van der Waals surface area contributed by atoms with Crippen LogP contribution < -0.4 is 10.6 Å². The predicted molar refractivity (Wildman–Crippen MR) is 127 cm³/mol. The number of halogens is 1. The standard InChI is InChI=1S/C24H30ClN5O2/c1-15(2)30(4)16(3)23(31)29-21(12-17-6-5-7-20(25)11-17)24(32)28-14-18-10-19-8-9-26-22(19)27-13-18/h5-11,13,15-16,21H,12,14H2,1-4H3,(H,26,27)(H,28,32)(H,29,31)/t16-,21-/m0/s1. The molecule has 0 aliphatic carbocycles. The highest BCUT2D eigenvalue weighted by atomic mass is 35.5. The van der Waals surface area contributed by atoms with Gasteiger partial charge in [-0.25, -0.2) is 4.98 Å². The summed E-state index contributed by atoms with van der Waals surface area (Å²) in [6, 6.07) is 10.3. The van der Waals surface area contributed by atoms with Gasteiger partial charge in [0.2, 0.25) is 11.8 Å². The van der Waals surface area contributed by atoms with Gasteiger partial charge in [-0.1, -0.05) is 23.7 Å². The molecule has 2 heterocycles. The highest BCUT2D eigenvalue weighted by Gasteiger charge is 2.26. The summed E-state index contributed by atoms with van der Waals surface area (Å²) in [7, 11) is 1.89. The van der Waals surface area contributed by atoms with Crippen LogP contribution in [-0.2, 0) is 22.6 Å². The van der Waals surface area contributed by atoms with Crippen LogP contribution >= 0.6 is 11.6 Å². The number of amides is 2. The van der Waals surface area contributed by atoms with Crippen LogP contribution in [0.1, 0.15) is 31.9 Å². The molecule has 170 valence electrons. The number of aromatic nitrogens is 2. The van der Waals surface area contributed by atoms with Gasteiger partial charge in [-0.2, -0.15) is 0 Å². The van der Waals surface area contributed by atoms with Gasteiger partial charge in [-0.3, -0.25) is 14.5 Å². The van der Waals surface area contributed by atoms with Crippen molar-refractivity contribution in [3.63, 3.8) is 0 Å². The molecule has 2 atom stereocenters. The fraction of sp³-hybridized carbons (Fsp3) is 0.375. The second kappa shape index (κ2) is 10.6. The molecule has 3 rings (SSSR count). The zero-order valence-electron chi connectivity index (χ0n) is 18.9. The lowest BCUT2D eigenvalue weighted by molar-refractivity contribution is -0.131. The molecule has 0 radical (unpaired) electrons. The summed E-state index contributed by atoms with van der Waals surface area (Å²) in [6.07, 6.45) is 3.89. The summed E-state index contributed by atoms with van der Waals surface area (Å²) in [6.45, 7) is 6.20. The molecule has 1 aromatic carbocycles. The molecule has 3 aromatic rings. The van der Waals surface area contributed by atoms with Gasteiger partial charge >= 0.3 is 0 Å². The smallest absolute Gasteiger partial charge is 0.243 e. The molecule has 3 N–H and O–H groups in total. The summed E-state index contributed by atoms with van der Waals surface area (Å²) in [5.74, 6) is -0.453. The number of H-pyrrole nitrogens is 1. The number of aromatic amines is 1. The van der Waals surface area contributed by atoms with E-state index < -0.39 is 6.04 Å². The van der Waals surface area contributed by atoms with Gasteiger partial charge in [0.25, 0.3) is 0 Å². The molecule has 0 saturated heterocycles. The highest BCUT2D eigenvalue weighted by Crippen LogP contribution is 2.14. The molecule has 0 fully saturated rings. The monoisotopic (exact) mass is 455 g/mol. The minimum atomic E-state index is -0.729. The second-order valence-corrected chi connectivity index (χ2v) is 8.74. The quantitative estimate of drug-likeness (QED) is 0.462. The van der Waals surface area contributed by atoms with Gasteiger partial charge in [-0.15, -0.1) is 0 Å². The first-order valence-electron chi connectivity index (χ1n) is 10.7. The topological polar surface area (TPSA) is 90.1 Å². The van der Waals surface area contributed by atoms with Crippen LogP contribution in [0.4, 0.5) is 0 Å². The zero-order chi connectivity index (χ0) is 23.3. The van der Waals surface area contributed by atoms with Crippen molar-refractivity contribution < 1.29 is 9.59 Å². The lowest BCUT2D eigenvalue weighted by Crippen LogP contribution is -2.53. The Kier molecular flexibility index (Phi) is 7.88. The first kappa shape index (κ1) is 23.8. The van der Waals surface area contributed by atoms with E-state index in [1.54, 1.807) is 18.3 Å². The molecule has 0 aliphatic heterocycles. The van der Waals surface area contributed by atoms with Crippen LogP contribution in [0.2, 0.25) is 5.02 Å². The third kappa shape index (κ3) is 6.08. The van der Waals surface area contributed by atoms with Crippen LogP contribution in [0.5, 0.6) is 0 Å². The van der Waals surface area contributed by atoms with E-state index in [2.05, 4.69) is 20.6 Å². The fourth-order valence-corrected chi connectivity index (χ4v) is 3.64. The largest absolute Gasteiger partial charge is 0.350 e. The molecular formula is C24H30ClN5O2. The predicted octanol–water partition coefficient (Wildman–Crippen LogP) is 3.29. The first-order chi connectivity index (χ1) is 15.2. The van der Waals surface area contributed by atoms with Crippen molar-refractivity contribution in [2.24, 2.45) is 0 Å². The van der Waals surface area contributed by atoms with Crippen molar-refractivity contribution in [3.8, 4) is 0 Å². The number of hydrogen-bond donors (Lipinski definition) is 3. The van der Waals surface area contributed by atoms with E-state index in [0.717, 1.165) is 22.2 Å². The van der Waals surface area contributed by atoms with Crippen molar-refractivity contribution in [2.45, 2.75) is 51.9 Å². The average molecular weight is 456 g/mol. The maximum Gasteiger partial charge on any atom is 0.243 e.